The van der Waals surface area contributed by atoms with Crippen LogP contribution in [0.25, 0.3) is 0 Å². The zero-order valence-corrected chi connectivity index (χ0v) is 23.6. The van der Waals surface area contributed by atoms with Crippen LogP contribution in [0.4, 0.5) is 0 Å². The maximum Gasteiger partial charge on any atom is 0.249 e. The van der Waals surface area contributed by atoms with Crippen LogP contribution in [0.2, 0.25) is 10.0 Å². The molecule has 0 saturated carbocycles. The highest BCUT2D eigenvalue weighted by Gasteiger charge is 2.51. The Kier molecular flexibility index (Phi) is 9.94. The highest BCUT2D eigenvalue weighted by atomic mass is 35.5. The van der Waals surface area contributed by atoms with Crippen LogP contribution in [0.1, 0.15) is 29.5 Å². The van der Waals surface area contributed by atoms with Crippen molar-refractivity contribution in [3.63, 3.8) is 0 Å². The molecule has 2 aliphatic rings. The van der Waals surface area contributed by atoms with Gasteiger partial charge in [-0.1, -0.05) is 29.3 Å². The highest BCUT2D eigenvalue weighted by Crippen LogP contribution is 2.51. The summed E-state index contributed by atoms with van der Waals surface area (Å²) in [4.78, 5) is 28.2. The average Bonchev–Trinajstić information content (AvgIpc) is 3.35. The summed E-state index contributed by atoms with van der Waals surface area (Å²) >= 11 is 12.3. The molecule has 0 bridgehead atoms. The summed E-state index contributed by atoms with van der Waals surface area (Å²) in [5, 5.41) is 34.1. The molecule has 0 aromatic heterocycles. The number of nitrogens with one attached hydrogen (secondary N) is 1. The fourth-order valence-corrected chi connectivity index (χ4v) is 5.41. The lowest BCUT2D eigenvalue weighted by Crippen LogP contribution is -2.56. The van der Waals surface area contributed by atoms with Crippen LogP contribution in [-0.2, 0) is 27.5 Å². The first-order valence-corrected chi connectivity index (χ1v) is 13.6. The molecule has 10 nitrogen and oxygen atoms in total. The van der Waals surface area contributed by atoms with Crippen LogP contribution < -0.4 is 14.8 Å². The maximum absolute atomic E-state index is 13.4. The predicted molar refractivity (Wildman–Crippen MR) is 148 cm³/mol. The van der Waals surface area contributed by atoms with Crippen LogP contribution in [0.15, 0.2) is 42.0 Å². The van der Waals surface area contributed by atoms with E-state index in [2.05, 4.69) is 5.32 Å². The number of methoxy groups -OCH3 is 1. The number of rotatable bonds is 11. The standard InChI is InChI=1S/C28H32Cl2N2O8/c1-3-39-14-23(35)32(12-15-4-5-19(29)20(30)9-15)21-11-18(28(37)31-6-7-33)24-17-8-16(13-34)10-22(38-2)26(17)40-27(24)25(21)36/h4-5,8-11,21,24-25,27,33-34,36H,3,6-7,12-14H2,1-2H3,(H,31,37). The smallest absolute Gasteiger partial charge is 0.249 e. The van der Waals surface area contributed by atoms with Crippen molar-refractivity contribution >= 4 is 35.0 Å². The summed E-state index contributed by atoms with van der Waals surface area (Å²) < 4.78 is 17.1. The van der Waals surface area contributed by atoms with Gasteiger partial charge in [-0.05, 0) is 48.4 Å². The summed E-state index contributed by atoms with van der Waals surface area (Å²) in [6.45, 7) is 1.32. The molecule has 4 rings (SSSR count). The topological polar surface area (TPSA) is 138 Å². The molecular formula is C28H32Cl2N2O8. The molecule has 1 aliphatic carbocycles. The largest absolute Gasteiger partial charge is 0.493 e. The van der Waals surface area contributed by atoms with E-state index in [1.54, 1.807) is 43.3 Å². The number of ether oxygens (including phenoxy) is 3. The molecule has 0 fully saturated rings. The summed E-state index contributed by atoms with van der Waals surface area (Å²) in [7, 11) is 1.46. The second-order valence-electron chi connectivity index (χ2n) is 9.42. The van der Waals surface area contributed by atoms with E-state index >= 15 is 0 Å². The van der Waals surface area contributed by atoms with Crippen molar-refractivity contribution in [2.45, 2.75) is 44.2 Å². The minimum Gasteiger partial charge on any atom is -0.493 e. The van der Waals surface area contributed by atoms with E-state index in [0.717, 1.165) is 0 Å². The Balaban J connectivity index is 1.81. The molecule has 1 heterocycles. The summed E-state index contributed by atoms with van der Waals surface area (Å²) in [5.74, 6) is -0.953. The lowest BCUT2D eigenvalue weighted by atomic mass is 9.77. The third-order valence-corrected chi connectivity index (χ3v) is 7.68. The number of halogens is 2. The second-order valence-corrected chi connectivity index (χ2v) is 10.2. The molecule has 2 aromatic rings. The number of benzene rings is 2. The number of hydrogen-bond donors (Lipinski definition) is 4. The van der Waals surface area contributed by atoms with Gasteiger partial charge in [0.15, 0.2) is 11.5 Å². The summed E-state index contributed by atoms with van der Waals surface area (Å²) in [6.07, 6.45) is -0.669. The van der Waals surface area contributed by atoms with Crippen LogP contribution in [0, 0.1) is 0 Å². The van der Waals surface area contributed by atoms with Crippen molar-refractivity contribution in [2.75, 3.05) is 33.5 Å². The minimum absolute atomic E-state index is 0.00472. The quantitative estimate of drug-likeness (QED) is 0.310. The zero-order chi connectivity index (χ0) is 29.0. The molecule has 2 aromatic carbocycles. The zero-order valence-electron chi connectivity index (χ0n) is 22.1. The van der Waals surface area contributed by atoms with Crippen molar-refractivity contribution in [3.05, 3.63) is 68.7 Å². The summed E-state index contributed by atoms with van der Waals surface area (Å²) in [6, 6.07) is 7.30. The van der Waals surface area contributed by atoms with Gasteiger partial charge < -0.3 is 39.7 Å². The van der Waals surface area contributed by atoms with Crippen LogP contribution in [0.5, 0.6) is 11.5 Å². The third-order valence-electron chi connectivity index (χ3n) is 6.94. The van der Waals surface area contributed by atoms with Crippen molar-refractivity contribution in [2.24, 2.45) is 0 Å². The van der Waals surface area contributed by atoms with E-state index in [-0.39, 0.29) is 38.5 Å². The van der Waals surface area contributed by atoms with E-state index in [1.807, 2.05) is 0 Å². The normalized spacial score (nSPS) is 21.1. The number of carbonyl (C=O) groups is 2. The number of carbonyl (C=O) groups excluding carboxylic acids is 2. The van der Waals surface area contributed by atoms with Gasteiger partial charge in [-0.3, -0.25) is 9.59 Å². The van der Waals surface area contributed by atoms with E-state index in [1.165, 1.54) is 12.0 Å². The van der Waals surface area contributed by atoms with E-state index in [4.69, 9.17) is 37.4 Å². The average molecular weight is 595 g/mol. The molecule has 0 spiro atoms. The highest BCUT2D eigenvalue weighted by molar-refractivity contribution is 6.42. The van der Waals surface area contributed by atoms with Crippen LogP contribution in [-0.4, -0.2) is 83.8 Å². The Bertz CT molecular complexity index is 1290. The second kappa shape index (κ2) is 13.2. The molecule has 40 heavy (non-hydrogen) atoms. The number of aliphatic hydroxyl groups excluding tert-OH is 3. The Hall–Kier alpha value is -2.86. The molecule has 0 radical (unpaired) electrons. The first-order chi connectivity index (χ1) is 19.2. The number of nitrogens with zero attached hydrogens (tertiary/aromatic N) is 1. The Morgan fingerprint density at radius 3 is 2.55 bits per heavy atom. The Morgan fingerprint density at radius 1 is 1.12 bits per heavy atom. The Morgan fingerprint density at radius 2 is 1.90 bits per heavy atom. The molecule has 0 saturated heterocycles. The van der Waals surface area contributed by atoms with Crippen molar-refractivity contribution < 1.29 is 39.1 Å². The SMILES string of the molecule is CCOCC(=O)N(Cc1ccc(Cl)c(Cl)c1)C1C=C(C(=O)NCCO)C2c3cc(CO)cc(OC)c3OC2C1O. The van der Waals surface area contributed by atoms with Crippen molar-refractivity contribution in [1.82, 2.24) is 10.2 Å². The minimum atomic E-state index is -1.26. The number of hydrogen-bond acceptors (Lipinski definition) is 8. The fraction of sp³-hybridized carbons (Fsp3) is 0.429. The molecule has 4 atom stereocenters. The number of amides is 2. The van der Waals surface area contributed by atoms with Crippen molar-refractivity contribution in [1.29, 1.82) is 0 Å². The summed E-state index contributed by atoms with van der Waals surface area (Å²) in [5.41, 5.74) is 2.00. The molecule has 4 N–H and O–H groups in total. The van der Waals surface area contributed by atoms with Gasteiger partial charge in [0.25, 0.3) is 0 Å². The van der Waals surface area contributed by atoms with Crippen LogP contribution >= 0.6 is 23.2 Å². The van der Waals surface area contributed by atoms with E-state index in [0.29, 0.717) is 44.8 Å². The monoisotopic (exact) mass is 594 g/mol. The molecule has 2 amide bonds. The molecular weight excluding hydrogens is 563 g/mol. The van der Waals surface area contributed by atoms with Gasteiger partial charge in [-0.2, -0.15) is 0 Å². The molecule has 216 valence electrons. The molecule has 1 aliphatic heterocycles. The van der Waals surface area contributed by atoms with Gasteiger partial charge in [-0.15, -0.1) is 0 Å². The Labute approximate surface area is 242 Å². The van der Waals surface area contributed by atoms with Gasteiger partial charge >= 0.3 is 0 Å². The van der Waals surface area contributed by atoms with Crippen LogP contribution in [0.3, 0.4) is 0 Å². The van der Waals surface area contributed by atoms with E-state index in [9.17, 15) is 24.9 Å². The van der Waals surface area contributed by atoms with Gasteiger partial charge in [0.2, 0.25) is 11.8 Å². The molecule has 12 heteroatoms. The molecule has 4 unspecified atom stereocenters. The lowest BCUT2D eigenvalue weighted by Gasteiger charge is -2.40. The van der Waals surface area contributed by atoms with Crippen molar-refractivity contribution in [3.8, 4) is 11.5 Å². The van der Waals surface area contributed by atoms with Gasteiger partial charge in [-0.25, -0.2) is 0 Å². The lowest BCUT2D eigenvalue weighted by molar-refractivity contribution is -0.142. The first-order valence-electron chi connectivity index (χ1n) is 12.8. The van der Waals surface area contributed by atoms with Gasteiger partial charge in [0, 0.05) is 30.8 Å². The van der Waals surface area contributed by atoms with Gasteiger partial charge in [0.1, 0.15) is 18.8 Å². The van der Waals surface area contributed by atoms with Gasteiger partial charge in [0.05, 0.1) is 42.3 Å². The third kappa shape index (κ3) is 6.07. The van der Waals surface area contributed by atoms with E-state index < -0.39 is 36.0 Å². The predicted octanol–water partition coefficient (Wildman–Crippen LogP) is 2.18. The maximum atomic E-state index is 13.4. The number of aliphatic hydroxyl groups is 3. The number of fused-ring (bicyclic) bond motifs is 3. The first kappa shape index (κ1) is 30.1. The fourth-order valence-electron chi connectivity index (χ4n) is 5.09.